The molecule has 0 amide bonds. The van der Waals surface area contributed by atoms with Crippen LogP contribution in [0.4, 0.5) is 0 Å². The molecule has 1 heteroatoms. The van der Waals surface area contributed by atoms with Crippen LogP contribution in [0, 0.1) is 5.92 Å². The molecule has 0 aliphatic heterocycles. The molecule has 0 saturated heterocycles. The Morgan fingerprint density at radius 1 is 1.45 bits per heavy atom. The molecular weight excluding hydrogens is 136 g/mol. The lowest BCUT2D eigenvalue weighted by Gasteiger charge is -2.14. The summed E-state index contributed by atoms with van der Waals surface area (Å²) in [5.41, 5.74) is 1.41. The topological polar surface area (TPSA) is 9.23 Å². The smallest absolute Gasteiger partial charge is 0.0961 e. The highest BCUT2D eigenvalue weighted by Gasteiger charge is 2.07. The normalized spacial score (nSPS) is 17.8. The number of hydrogen-bond acceptors (Lipinski definition) is 1. The van der Waals surface area contributed by atoms with E-state index in [4.69, 9.17) is 4.74 Å². The van der Waals surface area contributed by atoms with E-state index in [0.29, 0.717) is 5.92 Å². The largest absolute Gasteiger partial charge is 0.501 e. The molecule has 0 radical (unpaired) electrons. The van der Waals surface area contributed by atoms with Gasteiger partial charge in [-0.05, 0) is 24.0 Å². The summed E-state index contributed by atoms with van der Waals surface area (Å²) in [6, 6.07) is 0. The van der Waals surface area contributed by atoms with Gasteiger partial charge in [0.25, 0.3) is 0 Å². The molecule has 1 nitrogen and oxygen atoms in total. The van der Waals surface area contributed by atoms with Crippen molar-refractivity contribution >= 4 is 0 Å². The van der Waals surface area contributed by atoms with Crippen molar-refractivity contribution in [2.75, 3.05) is 7.11 Å². The lowest BCUT2D eigenvalue weighted by Crippen LogP contribution is -1.99. The first-order valence-electron chi connectivity index (χ1n) is 4.18. The quantitative estimate of drug-likeness (QED) is 0.591. The molecular formula is C10H16O. The molecule has 0 aromatic heterocycles. The van der Waals surface area contributed by atoms with Crippen LogP contribution in [0.15, 0.2) is 23.5 Å². The van der Waals surface area contributed by atoms with Crippen molar-refractivity contribution in [1.29, 1.82) is 0 Å². The first-order valence-corrected chi connectivity index (χ1v) is 4.18. The van der Waals surface area contributed by atoms with Gasteiger partial charge in [-0.2, -0.15) is 0 Å². The van der Waals surface area contributed by atoms with E-state index >= 15 is 0 Å². The van der Waals surface area contributed by atoms with Gasteiger partial charge >= 0.3 is 0 Å². The van der Waals surface area contributed by atoms with Gasteiger partial charge in [0.2, 0.25) is 0 Å². The summed E-state index contributed by atoms with van der Waals surface area (Å²) in [6.07, 6.45) is 6.65. The van der Waals surface area contributed by atoms with Gasteiger partial charge in [-0.25, -0.2) is 0 Å². The second kappa shape index (κ2) is 3.61. The van der Waals surface area contributed by atoms with E-state index in [1.165, 1.54) is 5.57 Å². The van der Waals surface area contributed by atoms with E-state index in [-0.39, 0.29) is 0 Å². The second-order valence-electron chi connectivity index (χ2n) is 3.21. The van der Waals surface area contributed by atoms with Gasteiger partial charge in [0.05, 0.1) is 12.9 Å². The summed E-state index contributed by atoms with van der Waals surface area (Å²) in [6.45, 7) is 4.42. The van der Waals surface area contributed by atoms with E-state index in [9.17, 15) is 0 Å². The summed E-state index contributed by atoms with van der Waals surface area (Å²) in [5, 5.41) is 0. The van der Waals surface area contributed by atoms with Gasteiger partial charge in [-0.3, -0.25) is 0 Å². The standard InChI is InChI=1S/C10H16O/c1-8(2)9-5-4-6-10(7-9)11-3/h5,7-8H,4,6H2,1-3H3. The molecule has 0 aromatic rings. The molecule has 0 atom stereocenters. The van der Waals surface area contributed by atoms with Gasteiger partial charge in [0.15, 0.2) is 0 Å². The van der Waals surface area contributed by atoms with E-state index in [1.54, 1.807) is 7.11 Å². The number of ether oxygens (including phenoxy) is 1. The van der Waals surface area contributed by atoms with Crippen molar-refractivity contribution in [2.24, 2.45) is 5.92 Å². The third kappa shape index (κ3) is 2.11. The SMILES string of the molecule is COC1=CC(C(C)C)=CCC1. The summed E-state index contributed by atoms with van der Waals surface area (Å²) in [4.78, 5) is 0. The fraction of sp³-hybridized carbons (Fsp3) is 0.600. The Labute approximate surface area is 68.8 Å². The van der Waals surface area contributed by atoms with Crippen molar-refractivity contribution in [3.63, 3.8) is 0 Å². The number of allylic oxidation sites excluding steroid dienone is 4. The van der Waals surface area contributed by atoms with Crippen molar-refractivity contribution in [2.45, 2.75) is 26.7 Å². The molecule has 0 heterocycles. The Bertz CT molecular complexity index is 187. The monoisotopic (exact) mass is 152 g/mol. The average Bonchev–Trinajstić information content (AvgIpc) is 2.05. The summed E-state index contributed by atoms with van der Waals surface area (Å²) >= 11 is 0. The predicted molar refractivity (Wildman–Crippen MR) is 47.2 cm³/mol. The molecule has 0 saturated carbocycles. The van der Waals surface area contributed by atoms with E-state index in [2.05, 4.69) is 26.0 Å². The first kappa shape index (κ1) is 8.38. The molecule has 1 aliphatic carbocycles. The van der Waals surface area contributed by atoms with Crippen molar-refractivity contribution < 1.29 is 4.74 Å². The van der Waals surface area contributed by atoms with Crippen LogP contribution in [-0.2, 0) is 4.74 Å². The van der Waals surface area contributed by atoms with E-state index in [1.807, 2.05) is 0 Å². The number of methoxy groups -OCH3 is 1. The van der Waals surface area contributed by atoms with Gasteiger partial charge in [-0.15, -0.1) is 0 Å². The van der Waals surface area contributed by atoms with E-state index < -0.39 is 0 Å². The highest BCUT2D eigenvalue weighted by molar-refractivity contribution is 5.26. The molecule has 0 bridgehead atoms. The zero-order valence-corrected chi connectivity index (χ0v) is 7.55. The minimum absolute atomic E-state index is 0.625. The van der Waals surface area contributed by atoms with Gasteiger partial charge in [-0.1, -0.05) is 19.9 Å². The van der Waals surface area contributed by atoms with Crippen LogP contribution in [0.2, 0.25) is 0 Å². The summed E-state index contributed by atoms with van der Waals surface area (Å²) in [7, 11) is 1.75. The zero-order valence-electron chi connectivity index (χ0n) is 7.55. The second-order valence-corrected chi connectivity index (χ2v) is 3.21. The first-order chi connectivity index (χ1) is 5.24. The molecule has 0 spiro atoms. The van der Waals surface area contributed by atoms with Crippen molar-refractivity contribution in [1.82, 2.24) is 0 Å². The van der Waals surface area contributed by atoms with Crippen LogP contribution in [0.25, 0.3) is 0 Å². The van der Waals surface area contributed by atoms with Gasteiger partial charge in [0, 0.05) is 6.42 Å². The molecule has 0 N–H and O–H groups in total. The Morgan fingerprint density at radius 3 is 2.73 bits per heavy atom. The van der Waals surface area contributed by atoms with Crippen LogP contribution in [0.1, 0.15) is 26.7 Å². The molecule has 0 unspecified atom stereocenters. The Morgan fingerprint density at radius 2 is 2.18 bits per heavy atom. The minimum atomic E-state index is 0.625. The van der Waals surface area contributed by atoms with Gasteiger partial charge in [0.1, 0.15) is 0 Å². The highest BCUT2D eigenvalue weighted by Crippen LogP contribution is 2.22. The van der Waals surface area contributed by atoms with Gasteiger partial charge < -0.3 is 4.74 Å². The molecule has 0 fully saturated rings. The minimum Gasteiger partial charge on any atom is -0.501 e. The third-order valence-electron chi connectivity index (χ3n) is 2.03. The Balaban J connectivity index is 2.68. The molecule has 0 aromatic carbocycles. The van der Waals surface area contributed by atoms with Crippen molar-refractivity contribution in [3.05, 3.63) is 23.5 Å². The maximum Gasteiger partial charge on any atom is 0.0961 e. The summed E-state index contributed by atoms with van der Waals surface area (Å²) in [5.74, 6) is 1.75. The number of hydrogen-bond donors (Lipinski definition) is 0. The Kier molecular flexibility index (Phi) is 2.75. The van der Waals surface area contributed by atoms with Crippen LogP contribution >= 0.6 is 0 Å². The molecule has 62 valence electrons. The highest BCUT2D eigenvalue weighted by atomic mass is 16.5. The zero-order chi connectivity index (χ0) is 8.27. The Hall–Kier alpha value is -0.720. The third-order valence-corrected chi connectivity index (χ3v) is 2.03. The van der Waals surface area contributed by atoms with Crippen LogP contribution in [0.5, 0.6) is 0 Å². The molecule has 11 heavy (non-hydrogen) atoms. The maximum atomic E-state index is 5.19. The van der Waals surface area contributed by atoms with Crippen molar-refractivity contribution in [3.8, 4) is 0 Å². The maximum absolute atomic E-state index is 5.19. The molecule has 1 rings (SSSR count). The average molecular weight is 152 g/mol. The van der Waals surface area contributed by atoms with Crippen LogP contribution in [0.3, 0.4) is 0 Å². The van der Waals surface area contributed by atoms with E-state index in [0.717, 1.165) is 18.6 Å². The van der Waals surface area contributed by atoms with Crippen LogP contribution in [-0.4, -0.2) is 7.11 Å². The lowest BCUT2D eigenvalue weighted by molar-refractivity contribution is 0.275. The lowest BCUT2D eigenvalue weighted by atomic mass is 9.96. The predicted octanol–water partition coefficient (Wildman–Crippen LogP) is 2.89. The van der Waals surface area contributed by atoms with Crippen LogP contribution < -0.4 is 0 Å². The molecule has 1 aliphatic rings. The number of rotatable bonds is 2. The summed E-state index contributed by atoms with van der Waals surface area (Å²) < 4.78 is 5.19. The fourth-order valence-corrected chi connectivity index (χ4v) is 1.26. The fourth-order valence-electron chi connectivity index (χ4n) is 1.26.